The molecule has 0 aromatic heterocycles. The van der Waals surface area contributed by atoms with Crippen molar-refractivity contribution in [3.8, 4) is 0 Å². The van der Waals surface area contributed by atoms with Gasteiger partial charge in [-0.25, -0.2) is 4.79 Å². The van der Waals surface area contributed by atoms with Gasteiger partial charge < -0.3 is 9.47 Å². The molecule has 2 aliphatic carbocycles. The highest BCUT2D eigenvalue weighted by atomic mass is 16.6. The van der Waals surface area contributed by atoms with Crippen LogP contribution in [0.1, 0.15) is 33.1 Å². The van der Waals surface area contributed by atoms with Gasteiger partial charge >= 0.3 is 5.97 Å². The minimum atomic E-state index is -0.198. The molecule has 0 unspecified atom stereocenters. The SMILES string of the molecule is C=C1C(=O)O[C@H]2[C@H]1CCC(C)=C1C[C@@H]3O[C@]3(C)[C@@H]12. The van der Waals surface area contributed by atoms with Gasteiger partial charge in [-0.2, -0.15) is 0 Å². The Bertz CT molecular complexity index is 504. The summed E-state index contributed by atoms with van der Waals surface area (Å²) in [5.41, 5.74) is 3.55. The van der Waals surface area contributed by atoms with Gasteiger partial charge in [0.2, 0.25) is 0 Å². The summed E-state index contributed by atoms with van der Waals surface area (Å²) < 4.78 is 11.5. The highest BCUT2D eigenvalue weighted by molar-refractivity contribution is 5.91. The minimum absolute atomic E-state index is 0.0325. The van der Waals surface area contributed by atoms with Crippen LogP contribution in [0.25, 0.3) is 0 Å². The third kappa shape index (κ3) is 1.11. The van der Waals surface area contributed by atoms with Crippen LogP contribution >= 0.6 is 0 Å². The van der Waals surface area contributed by atoms with E-state index in [1.54, 1.807) is 0 Å². The highest BCUT2D eigenvalue weighted by Crippen LogP contribution is 2.61. The summed E-state index contributed by atoms with van der Waals surface area (Å²) in [6, 6.07) is 0. The Morgan fingerprint density at radius 3 is 3.00 bits per heavy atom. The van der Waals surface area contributed by atoms with Gasteiger partial charge in [0.25, 0.3) is 0 Å². The molecule has 0 N–H and O–H groups in total. The number of allylic oxidation sites excluding steroid dienone is 1. The molecule has 0 radical (unpaired) electrons. The third-order valence-corrected chi connectivity index (χ3v) is 5.43. The van der Waals surface area contributed by atoms with Crippen molar-refractivity contribution >= 4 is 5.97 Å². The topological polar surface area (TPSA) is 38.8 Å². The molecule has 1 saturated carbocycles. The Morgan fingerprint density at radius 1 is 1.44 bits per heavy atom. The number of epoxide rings is 1. The molecule has 0 spiro atoms. The first-order valence-electron chi connectivity index (χ1n) is 6.78. The summed E-state index contributed by atoms with van der Waals surface area (Å²) in [7, 11) is 0. The first-order chi connectivity index (χ1) is 8.52. The van der Waals surface area contributed by atoms with Crippen molar-refractivity contribution in [1.82, 2.24) is 0 Å². The van der Waals surface area contributed by atoms with Crippen molar-refractivity contribution < 1.29 is 14.3 Å². The zero-order valence-corrected chi connectivity index (χ0v) is 10.9. The number of carbonyl (C=O) groups is 1. The Morgan fingerprint density at radius 2 is 2.22 bits per heavy atom. The second-order valence-corrected chi connectivity index (χ2v) is 6.32. The van der Waals surface area contributed by atoms with Crippen LogP contribution in [-0.2, 0) is 14.3 Å². The van der Waals surface area contributed by atoms with E-state index in [9.17, 15) is 4.79 Å². The molecule has 96 valence electrons. The first-order valence-corrected chi connectivity index (χ1v) is 6.78. The third-order valence-electron chi connectivity index (χ3n) is 5.43. The lowest BCUT2D eigenvalue weighted by Crippen LogP contribution is -2.34. The zero-order chi connectivity index (χ0) is 12.7. The molecule has 3 nitrogen and oxygen atoms in total. The molecule has 0 bridgehead atoms. The molecule has 3 fully saturated rings. The van der Waals surface area contributed by atoms with Gasteiger partial charge in [0, 0.05) is 17.4 Å². The fraction of sp³-hybridized carbons (Fsp3) is 0.667. The highest BCUT2D eigenvalue weighted by Gasteiger charge is 2.68. The molecule has 2 heterocycles. The van der Waals surface area contributed by atoms with E-state index in [4.69, 9.17) is 9.47 Å². The van der Waals surface area contributed by atoms with Crippen LogP contribution in [0.15, 0.2) is 23.3 Å². The van der Waals surface area contributed by atoms with Crippen LogP contribution < -0.4 is 0 Å². The fourth-order valence-corrected chi connectivity index (χ4v) is 4.23. The Kier molecular flexibility index (Phi) is 1.85. The van der Waals surface area contributed by atoms with E-state index in [0.717, 1.165) is 19.3 Å². The summed E-state index contributed by atoms with van der Waals surface area (Å²) in [6.07, 6.45) is 3.39. The number of ether oxygens (including phenoxy) is 2. The number of hydrogen-bond acceptors (Lipinski definition) is 3. The largest absolute Gasteiger partial charge is 0.458 e. The average Bonchev–Trinajstić information content (AvgIpc) is 2.82. The molecule has 4 aliphatic rings. The van der Waals surface area contributed by atoms with Gasteiger partial charge in [-0.1, -0.05) is 17.7 Å². The Balaban J connectivity index is 1.81. The minimum Gasteiger partial charge on any atom is -0.458 e. The van der Waals surface area contributed by atoms with Gasteiger partial charge in [-0.3, -0.25) is 0 Å². The van der Waals surface area contributed by atoms with Crippen molar-refractivity contribution in [2.24, 2.45) is 11.8 Å². The van der Waals surface area contributed by atoms with Gasteiger partial charge in [-0.05, 0) is 33.1 Å². The van der Waals surface area contributed by atoms with Gasteiger partial charge in [0.15, 0.2) is 0 Å². The van der Waals surface area contributed by atoms with Gasteiger partial charge in [0.1, 0.15) is 11.7 Å². The fourth-order valence-electron chi connectivity index (χ4n) is 4.23. The molecular formula is C15H18O3. The zero-order valence-electron chi connectivity index (χ0n) is 10.9. The molecule has 4 rings (SSSR count). The van der Waals surface area contributed by atoms with Crippen molar-refractivity contribution in [2.45, 2.75) is 50.9 Å². The lowest BCUT2D eigenvalue weighted by Gasteiger charge is -2.27. The first kappa shape index (κ1) is 10.8. The lowest BCUT2D eigenvalue weighted by molar-refractivity contribution is -0.141. The Hall–Kier alpha value is -1.09. The van der Waals surface area contributed by atoms with E-state index in [2.05, 4.69) is 20.4 Å². The molecule has 2 aliphatic heterocycles. The van der Waals surface area contributed by atoms with Crippen LogP contribution in [-0.4, -0.2) is 23.8 Å². The lowest BCUT2D eigenvalue weighted by atomic mass is 9.81. The smallest absolute Gasteiger partial charge is 0.334 e. The van der Waals surface area contributed by atoms with Gasteiger partial charge in [-0.15, -0.1) is 0 Å². The van der Waals surface area contributed by atoms with E-state index < -0.39 is 0 Å². The predicted octanol–water partition coefficient (Wildman–Crippen LogP) is 2.37. The van der Waals surface area contributed by atoms with Crippen molar-refractivity contribution in [1.29, 1.82) is 0 Å². The van der Waals surface area contributed by atoms with Crippen LogP contribution in [0.3, 0.4) is 0 Å². The standard InChI is InChI=1S/C15H18O3/c1-7-4-5-9-8(2)14(16)17-13(9)12-10(7)6-11-15(12,3)18-11/h9,11-13H,2,4-6H2,1,3H3/t9-,11-,12-,13-,15-/m0/s1. The van der Waals surface area contributed by atoms with Crippen LogP contribution in [0.4, 0.5) is 0 Å². The summed E-state index contributed by atoms with van der Waals surface area (Å²) in [5, 5.41) is 0. The normalized spacial score (nSPS) is 49.4. The molecule has 18 heavy (non-hydrogen) atoms. The molecule has 0 amide bonds. The maximum Gasteiger partial charge on any atom is 0.334 e. The van der Waals surface area contributed by atoms with E-state index in [1.165, 1.54) is 11.1 Å². The number of rotatable bonds is 0. The molecule has 0 aromatic rings. The van der Waals surface area contributed by atoms with Crippen molar-refractivity contribution in [3.05, 3.63) is 23.3 Å². The second kappa shape index (κ2) is 3.08. The van der Waals surface area contributed by atoms with Crippen molar-refractivity contribution in [3.63, 3.8) is 0 Å². The summed E-state index contributed by atoms with van der Waals surface area (Å²) in [4.78, 5) is 11.8. The average molecular weight is 246 g/mol. The maximum atomic E-state index is 11.8. The van der Waals surface area contributed by atoms with Crippen LogP contribution in [0.2, 0.25) is 0 Å². The predicted molar refractivity (Wildman–Crippen MR) is 65.8 cm³/mol. The van der Waals surface area contributed by atoms with Crippen LogP contribution in [0, 0.1) is 11.8 Å². The van der Waals surface area contributed by atoms with E-state index in [-0.39, 0.29) is 29.5 Å². The number of hydrogen-bond donors (Lipinski definition) is 0. The van der Waals surface area contributed by atoms with E-state index in [1.807, 2.05) is 0 Å². The Labute approximate surface area is 107 Å². The van der Waals surface area contributed by atoms with Crippen LogP contribution in [0.5, 0.6) is 0 Å². The molecule has 2 saturated heterocycles. The van der Waals surface area contributed by atoms with E-state index in [0.29, 0.717) is 11.7 Å². The summed E-state index contributed by atoms with van der Waals surface area (Å²) in [5.74, 6) is 0.254. The molecule has 5 atom stereocenters. The molecular weight excluding hydrogens is 228 g/mol. The van der Waals surface area contributed by atoms with E-state index >= 15 is 0 Å². The maximum absolute atomic E-state index is 11.8. The molecule has 3 heteroatoms. The molecule has 0 aromatic carbocycles. The van der Waals surface area contributed by atoms with Crippen molar-refractivity contribution in [2.75, 3.05) is 0 Å². The summed E-state index contributed by atoms with van der Waals surface area (Å²) >= 11 is 0. The summed E-state index contributed by atoms with van der Waals surface area (Å²) in [6.45, 7) is 8.32. The number of esters is 1. The quantitative estimate of drug-likeness (QED) is 0.285. The second-order valence-electron chi connectivity index (χ2n) is 6.32. The number of carbonyl (C=O) groups excluding carboxylic acids is 1. The monoisotopic (exact) mass is 246 g/mol. The van der Waals surface area contributed by atoms with Gasteiger partial charge in [0.05, 0.1) is 6.10 Å². The number of fused-ring (bicyclic) bond motifs is 5.